The molecule has 1 unspecified atom stereocenters. The van der Waals surface area contributed by atoms with E-state index in [9.17, 15) is 0 Å². The second-order valence-corrected chi connectivity index (χ2v) is 4.36. The summed E-state index contributed by atoms with van der Waals surface area (Å²) in [6, 6.07) is 7.98. The average Bonchev–Trinajstić information content (AvgIpc) is 2.88. The topological polar surface area (TPSA) is 54.7 Å². The summed E-state index contributed by atoms with van der Waals surface area (Å²) in [6.45, 7) is 1.56. The second kappa shape index (κ2) is 7.96. The van der Waals surface area contributed by atoms with Crippen LogP contribution in [0.4, 0.5) is 0 Å². The number of nitrogens with zero attached hydrogens (tertiary/aromatic N) is 2. The van der Waals surface area contributed by atoms with Crippen LogP contribution < -0.4 is 0 Å². The molecule has 0 aliphatic rings. The summed E-state index contributed by atoms with van der Waals surface area (Å²) in [7, 11) is 3.19. The number of para-hydroxylation sites is 2. The van der Waals surface area contributed by atoms with E-state index in [4.69, 9.17) is 18.9 Å². The molecule has 0 aliphatic carbocycles. The van der Waals surface area contributed by atoms with Crippen LogP contribution in [0.25, 0.3) is 11.0 Å². The molecule has 0 fully saturated rings. The standard InChI is InChI=1S/C14H20N2O4/c1-17-10-19-8-12(20-11-18-2)7-16-9-15-13-5-3-4-6-14(13)16/h3-6,9,12H,7-8,10-11H2,1-2H3. The van der Waals surface area contributed by atoms with Crippen molar-refractivity contribution in [1.29, 1.82) is 0 Å². The Balaban J connectivity index is 2.01. The maximum atomic E-state index is 5.61. The number of rotatable bonds is 9. The van der Waals surface area contributed by atoms with E-state index in [2.05, 4.69) is 4.98 Å². The predicted octanol–water partition coefficient (Wildman–Crippen LogP) is 1.65. The number of aromatic nitrogens is 2. The molecule has 0 saturated heterocycles. The maximum absolute atomic E-state index is 5.61. The van der Waals surface area contributed by atoms with E-state index in [0.717, 1.165) is 11.0 Å². The van der Waals surface area contributed by atoms with Gasteiger partial charge in [-0.15, -0.1) is 0 Å². The third-order valence-electron chi connectivity index (χ3n) is 2.85. The first-order valence-corrected chi connectivity index (χ1v) is 6.42. The summed E-state index contributed by atoms with van der Waals surface area (Å²) in [5, 5.41) is 0. The lowest BCUT2D eigenvalue weighted by Gasteiger charge is -2.18. The smallest absolute Gasteiger partial charge is 0.146 e. The molecule has 0 radical (unpaired) electrons. The van der Waals surface area contributed by atoms with Crippen molar-refractivity contribution >= 4 is 11.0 Å². The van der Waals surface area contributed by atoms with E-state index < -0.39 is 0 Å². The number of hydrogen-bond donors (Lipinski definition) is 0. The van der Waals surface area contributed by atoms with Gasteiger partial charge in [-0.25, -0.2) is 4.98 Å². The van der Waals surface area contributed by atoms with Gasteiger partial charge in [0.05, 0.1) is 30.5 Å². The fourth-order valence-electron chi connectivity index (χ4n) is 1.96. The summed E-state index contributed by atoms with van der Waals surface area (Å²) in [5.74, 6) is 0. The van der Waals surface area contributed by atoms with Gasteiger partial charge in [0.1, 0.15) is 19.7 Å². The molecule has 0 N–H and O–H groups in total. The van der Waals surface area contributed by atoms with Gasteiger partial charge in [-0.1, -0.05) is 12.1 Å². The van der Waals surface area contributed by atoms with Crippen LogP contribution in [0, 0.1) is 0 Å². The molecule has 6 nitrogen and oxygen atoms in total. The normalized spacial score (nSPS) is 12.9. The van der Waals surface area contributed by atoms with Gasteiger partial charge in [0, 0.05) is 14.2 Å². The van der Waals surface area contributed by atoms with Gasteiger partial charge < -0.3 is 23.5 Å². The van der Waals surface area contributed by atoms with Crippen molar-refractivity contribution in [1.82, 2.24) is 9.55 Å². The zero-order valence-corrected chi connectivity index (χ0v) is 11.8. The van der Waals surface area contributed by atoms with Crippen molar-refractivity contribution in [3.63, 3.8) is 0 Å². The number of ether oxygens (including phenoxy) is 4. The van der Waals surface area contributed by atoms with E-state index in [1.165, 1.54) is 0 Å². The van der Waals surface area contributed by atoms with Gasteiger partial charge in [-0.05, 0) is 12.1 Å². The molecule has 1 heterocycles. The predicted molar refractivity (Wildman–Crippen MR) is 74.3 cm³/mol. The molecule has 0 amide bonds. The third-order valence-corrected chi connectivity index (χ3v) is 2.85. The minimum Gasteiger partial charge on any atom is -0.359 e. The monoisotopic (exact) mass is 280 g/mol. The highest BCUT2D eigenvalue weighted by atomic mass is 16.7. The first-order valence-electron chi connectivity index (χ1n) is 6.42. The molecule has 0 spiro atoms. The van der Waals surface area contributed by atoms with Crippen LogP contribution in [0.2, 0.25) is 0 Å². The molecule has 0 bridgehead atoms. The summed E-state index contributed by atoms with van der Waals surface area (Å²) >= 11 is 0. The summed E-state index contributed by atoms with van der Waals surface area (Å²) in [5.41, 5.74) is 2.04. The Morgan fingerprint density at radius 2 is 1.95 bits per heavy atom. The molecule has 1 aromatic heterocycles. The van der Waals surface area contributed by atoms with Gasteiger partial charge in [-0.2, -0.15) is 0 Å². The van der Waals surface area contributed by atoms with Crippen molar-refractivity contribution in [2.75, 3.05) is 34.4 Å². The molecule has 2 rings (SSSR count). The van der Waals surface area contributed by atoms with Crippen LogP contribution in [0.5, 0.6) is 0 Å². The van der Waals surface area contributed by atoms with E-state index in [1.54, 1.807) is 14.2 Å². The van der Waals surface area contributed by atoms with Crippen molar-refractivity contribution in [2.24, 2.45) is 0 Å². The van der Waals surface area contributed by atoms with Gasteiger partial charge in [0.25, 0.3) is 0 Å². The molecule has 1 atom stereocenters. The van der Waals surface area contributed by atoms with Gasteiger partial charge in [0.15, 0.2) is 0 Å². The van der Waals surface area contributed by atoms with E-state index >= 15 is 0 Å². The Morgan fingerprint density at radius 1 is 1.15 bits per heavy atom. The van der Waals surface area contributed by atoms with Crippen molar-refractivity contribution < 1.29 is 18.9 Å². The third kappa shape index (κ3) is 4.01. The van der Waals surface area contributed by atoms with Crippen molar-refractivity contribution in [2.45, 2.75) is 12.6 Å². The second-order valence-electron chi connectivity index (χ2n) is 4.36. The Bertz CT molecular complexity index is 515. The zero-order chi connectivity index (χ0) is 14.2. The molecule has 6 heteroatoms. The lowest BCUT2D eigenvalue weighted by molar-refractivity contribution is -0.123. The number of imidazole rings is 1. The largest absolute Gasteiger partial charge is 0.359 e. The van der Waals surface area contributed by atoms with Gasteiger partial charge in [-0.3, -0.25) is 0 Å². The molecule has 2 aromatic rings. The van der Waals surface area contributed by atoms with Gasteiger partial charge >= 0.3 is 0 Å². The minimum atomic E-state index is -0.122. The Kier molecular flexibility index (Phi) is 5.94. The van der Waals surface area contributed by atoms with Crippen LogP contribution in [0.15, 0.2) is 30.6 Å². The summed E-state index contributed by atoms with van der Waals surface area (Å²) in [4.78, 5) is 4.36. The number of fused-ring (bicyclic) bond motifs is 1. The first kappa shape index (κ1) is 14.9. The summed E-state index contributed by atoms with van der Waals surface area (Å²) < 4.78 is 22.8. The van der Waals surface area contributed by atoms with Crippen molar-refractivity contribution in [3.05, 3.63) is 30.6 Å². The van der Waals surface area contributed by atoms with Crippen LogP contribution in [0.3, 0.4) is 0 Å². The fourth-order valence-corrected chi connectivity index (χ4v) is 1.96. The minimum absolute atomic E-state index is 0.122. The Morgan fingerprint density at radius 3 is 2.75 bits per heavy atom. The fraction of sp³-hybridized carbons (Fsp3) is 0.500. The Hall–Kier alpha value is -1.47. The van der Waals surface area contributed by atoms with Gasteiger partial charge in [0.2, 0.25) is 0 Å². The molecule has 1 aromatic carbocycles. The highest BCUT2D eigenvalue weighted by molar-refractivity contribution is 5.74. The van der Waals surface area contributed by atoms with Crippen LogP contribution in [-0.2, 0) is 25.5 Å². The number of benzene rings is 1. The molecular formula is C14H20N2O4. The number of methoxy groups -OCH3 is 2. The molecule has 0 aliphatic heterocycles. The lowest BCUT2D eigenvalue weighted by Crippen LogP contribution is -2.26. The molecular weight excluding hydrogens is 260 g/mol. The molecule has 0 saturated carbocycles. The van der Waals surface area contributed by atoms with Crippen LogP contribution in [0.1, 0.15) is 0 Å². The lowest BCUT2D eigenvalue weighted by atomic mass is 10.3. The quantitative estimate of drug-likeness (QED) is 0.516. The molecule has 20 heavy (non-hydrogen) atoms. The maximum Gasteiger partial charge on any atom is 0.146 e. The summed E-state index contributed by atoms with van der Waals surface area (Å²) in [6.07, 6.45) is 1.69. The first-order chi connectivity index (χ1) is 9.85. The van der Waals surface area contributed by atoms with Crippen molar-refractivity contribution in [3.8, 4) is 0 Å². The number of hydrogen-bond acceptors (Lipinski definition) is 5. The van der Waals surface area contributed by atoms with E-state index in [0.29, 0.717) is 13.2 Å². The highest BCUT2D eigenvalue weighted by Crippen LogP contribution is 2.13. The highest BCUT2D eigenvalue weighted by Gasteiger charge is 2.12. The Labute approximate surface area is 118 Å². The van der Waals surface area contributed by atoms with Crippen LogP contribution >= 0.6 is 0 Å². The SMILES string of the molecule is COCOCC(Cn1cnc2ccccc21)OCOC. The molecule has 110 valence electrons. The van der Waals surface area contributed by atoms with E-state index in [1.807, 2.05) is 35.2 Å². The average molecular weight is 280 g/mol. The zero-order valence-electron chi connectivity index (χ0n) is 11.8. The van der Waals surface area contributed by atoms with Crippen LogP contribution in [-0.4, -0.2) is 50.1 Å². The van der Waals surface area contributed by atoms with E-state index in [-0.39, 0.29) is 19.7 Å².